The van der Waals surface area contributed by atoms with E-state index in [2.05, 4.69) is 0 Å². The van der Waals surface area contributed by atoms with Crippen molar-refractivity contribution in [1.29, 1.82) is 0 Å². The van der Waals surface area contributed by atoms with E-state index < -0.39 is 5.97 Å². The van der Waals surface area contributed by atoms with Crippen molar-refractivity contribution in [3.05, 3.63) is 0 Å². The molecule has 0 saturated heterocycles. The minimum Gasteiger partial charge on any atom is -0.481 e. The molecule has 0 bridgehead atoms. The van der Waals surface area contributed by atoms with Crippen molar-refractivity contribution >= 4 is 5.97 Å². The van der Waals surface area contributed by atoms with Gasteiger partial charge in [0, 0.05) is 0 Å². The number of rotatable bonds is 1. The van der Waals surface area contributed by atoms with Crippen LogP contribution in [-0.4, -0.2) is 22.3 Å². The third-order valence-corrected chi connectivity index (χ3v) is 3.70. The molecule has 13 heavy (non-hydrogen) atoms. The van der Waals surface area contributed by atoms with Gasteiger partial charge in [-0.25, -0.2) is 0 Å². The predicted octanol–water partition coefficient (Wildman–Crippen LogP) is 1.50. The van der Waals surface area contributed by atoms with Crippen LogP contribution in [0, 0.1) is 17.3 Å². The number of hydrogen-bond donors (Lipinski definition) is 2. The standard InChI is InChI=1S/C10H18O3/c1-6-8(11)5-4-7(9(12)13)10(6,2)3/h6-8,11H,4-5H2,1-3H3,(H,12,13)/t6-,7+,8+/m1/s1. The Labute approximate surface area is 78.8 Å². The highest BCUT2D eigenvalue weighted by Gasteiger charge is 2.45. The minimum absolute atomic E-state index is 0.0577. The first kappa shape index (κ1) is 10.5. The van der Waals surface area contributed by atoms with Gasteiger partial charge in [-0.05, 0) is 24.2 Å². The summed E-state index contributed by atoms with van der Waals surface area (Å²) in [7, 11) is 0. The topological polar surface area (TPSA) is 57.5 Å². The van der Waals surface area contributed by atoms with Gasteiger partial charge in [0.25, 0.3) is 0 Å². The van der Waals surface area contributed by atoms with E-state index in [-0.39, 0.29) is 23.4 Å². The lowest BCUT2D eigenvalue weighted by Crippen LogP contribution is -2.45. The molecule has 3 atom stereocenters. The van der Waals surface area contributed by atoms with Gasteiger partial charge in [0.05, 0.1) is 12.0 Å². The molecule has 2 N–H and O–H groups in total. The van der Waals surface area contributed by atoms with Crippen molar-refractivity contribution in [3.8, 4) is 0 Å². The molecule has 0 aromatic carbocycles. The average molecular weight is 186 g/mol. The van der Waals surface area contributed by atoms with E-state index in [1.807, 2.05) is 20.8 Å². The summed E-state index contributed by atoms with van der Waals surface area (Å²) in [6.07, 6.45) is 0.862. The molecule has 0 spiro atoms. The van der Waals surface area contributed by atoms with Crippen LogP contribution in [-0.2, 0) is 4.79 Å². The summed E-state index contributed by atoms with van der Waals surface area (Å²) in [5, 5.41) is 18.6. The Bertz CT molecular complexity index is 210. The Kier molecular flexibility index (Phi) is 2.66. The molecule has 1 aliphatic rings. The van der Waals surface area contributed by atoms with Gasteiger partial charge >= 0.3 is 5.97 Å². The molecule has 1 rings (SSSR count). The molecular formula is C10H18O3. The Hall–Kier alpha value is -0.570. The lowest BCUT2D eigenvalue weighted by Gasteiger charge is -2.44. The molecule has 3 heteroatoms. The molecule has 0 aliphatic heterocycles. The van der Waals surface area contributed by atoms with E-state index >= 15 is 0 Å². The van der Waals surface area contributed by atoms with Gasteiger partial charge in [0.2, 0.25) is 0 Å². The summed E-state index contributed by atoms with van der Waals surface area (Å²) in [6.45, 7) is 5.79. The van der Waals surface area contributed by atoms with E-state index in [4.69, 9.17) is 5.11 Å². The summed E-state index contributed by atoms with van der Waals surface area (Å²) < 4.78 is 0. The number of carbonyl (C=O) groups is 1. The van der Waals surface area contributed by atoms with Crippen LogP contribution >= 0.6 is 0 Å². The van der Waals surface area contributed by atoms with Crippen LogP contribution in [0.1, 0.15) is 33.6 Å². The van der Waals surface area contributed by atoms with Crippen LogP contribution in [0.5, 0.6) is 0 Å². The largest absolute Gasteiger partial charge is 0.481 e. The highest BCUT2D eigenvalue weighted by molar-refractivity contribution is 5.71. The number of aliphatic hydroxyl groups excluding tert-OH is 1. The van der Waals surface area contributed by atoms with Gasteiger partial charge in [0.1, 0.15) is 0 Å². The van der Waals surface area contributed by atoms with Gasteiger partial charge in [-0.15, -0.1) is 0 Å². The maximum atomic E-state index is 10.9. The van der Waals surface area contributed by atoms with E-state index in [0.717, 1.165) is 0 Å². The number of aliphatic hydroxyl groups is 1. The van der Waals surface area contributed by atoms with Gasteiger partial charge in [-0.1, -0.05) is 20.8 Å². The number of carboxylic acids is 1. The van der Waals surface area contributed by atoms with Crippen LogP contribution in [0.3, 0.4) is 0 Å². The second-order valence-corrected chi connectivity index (χ2v) is 4.65. The summed E-state index contributed by atoms with van der Waals surface area (Å²) in [5.74, 6) is -0.989. The highest BCUT2D eigenvalue weighted by Crippen LogP contribution is 2.44. The van der Waals surface area contributed by atoms with E-state index in [1.54, 1.807) is 0 Å². The molecule has 0 radical (unpaired) electrons. The lowest BCUT2D eigenvalue weighted by atomic mass is 9.62. The van der Waals surface area contributed by atoms with Crippen molar-refractivity contribution in [1.82, 2.24) is 0 Å². The highest BCUT2D eigenvalue weighted by atomic mass is 16.4. The van der Waals surface area contributed by atoms with E-state index in [0.29, 0.717) is 12.8 Å². The maximum Gasteiger partial charge on any atom is 0.307 e. The van der Waals surface area contributed by atoms with Crippen LogP contribution in [0.25, 0.3) is 0 Å². The average Bonchev–Trinajstić information content (AvgIpc) is 1.99. The van der Waals surface area contributed by atoms with E-state index in [1.165, 1.54) is 0 Å². The Morgan fingerprint density at radius 1 is 1.38 bits per heavy atom. The predicted molar refractivity (Wildman–Crippen MR) is 49.3 cm³/mol. The fraction of sp³-hybridized carbons (Fsp3) is 0.900. The molecule has 1 fully saturated rings. The number of carboxylic acid groups (broad SMARTS) is 1. The second kappa shape index (κ2) is 3.29. The molecular weight excluding hydrogens is 168 g/mol. The summed E-state index contributed by atoms with van der Waals surface area (Å²) in [6, 6.07) is 0. The summed E-state index contributed by atoms with van der Waals surface area (Å²) in [5.41, 5.74) is -0.302. The normalized spacial score (nSPS) is 38.6. The second-order valence-electron chi connectivity index (χ2n) is 4.65. The van der Waals surface area contributed by atoms with Crippen LogP contribution in [0.15, 0.2) is 0 Å². The van der Waals surface area contributed by atoms with Gasteiger partial charge in [-0.3, -0.25) is 4.79 Å². The third-order valence-electron chi connectivity index (χ3n) is 3.70. The molecule has 76 valence electrons. The van der Waals surface area contributed by atoms with Crippen LogP contribution < -0.4 is 0 Å². The molecule has 0 aromatic rings. The quantitative estimate of drug-likeness (QED) is 0.652. The first-order chi connectivity index (χ1) is 5.87. The number of hydrogen-bond acceptors (Lipinski definition) is 2. The Morgan fingerprint density at radius 2 is 1.92 bits per heavy atom. The smallest absolute Gasteiger partial charge is 0.307 e. The zero-order valence-electron chi connectivity index (χ0n) is 8.45. The van der Waals surface area contributed by atoms with Gasteiger partial charge in [0.15, 0.2) is 0 Å². The SMILES string of the molecule is C[C@@H]1[C@@H](O)CC[C@@H](C(=O)O)C1(C)C. The Balaban J connectivity index is 2.85. The summed E-state index contributed by atoms with van der Waals surface area (Å²) >= 11 is 0. The zero-order valence-corrected chi connectivity index (χ0v) is 8.45. The van der Waals surface area contributed by atoms with Gasteiger partial charge < -0.3 is 10.2 Å². The fourth-order valence-corrected chi connectivity index (χ4v) is 2.21. The van der Waals surface area contributed by atoms with Crippen molar-refractivity contribution < 1.29 is 15.0 Å². The van der Waals surface area contributed by atoms with Crippen LogP contribution in [0.4, 0.5) is 0 Å². The lowest BCUT2D eigenvalue weighted by molar-refractivity contribution is -0.153. The molecule has 0 amide bonds. The minimum atomic E-state index is -0.733. The number of aliphatic carboxylic acids is 1. The molecule has 0 unspecified atom stereocenters. The fourth-order valence-electron chi connectivity index (χ4n) is 2.21. The van der Waals surface area contributed by atoms with Crippen molar-refractivity contribution in [2.24, 2.45) is 17.3 Å². The first-order valence-electron chi connectivity index (χ1n) is 4.78. The summed E-state index contributed by atoms with van der Waals surface area (Å²) in [4.78, 5) is 10.9. The molecule has 1 aliphatic carbocycles. The molecule has 1 saturated carbocycles. The van der Waals surface area contributed by atoms with Crippen molar-refractivity contribution in [3.63, 3.8) is 0 Å². The third kappa shape index (κ3) is 1.70. The van der Waals surface area contributed by atoms with Gasteiger partial charge in [-0.2, -0.15) is 0 Å². The van der Waals surface area contributed by atoms with Crippen LogP contribution in [0.2, 0.25) is 0 Å². The Morgan fingerprint density at radius 3 is 2.38 bits per heavy atom. The molecule has 0 aromatic heterocycles. The first-order valence-corrected chi connectivity index (χ1v) is 4.78. The van der Waals surface area contributed by atoms with Crippen molar-refractivity contribution in [2.75, 3.05) is 0 Å². The monoisotopic (exact) mass is 186 g/mol. The van der Waals surface area contributed by atoms with Crippen molar-refractivity contribution in [2.45, 2.75) is 39.7 Å². The molecule has 0 heterocycles. The zero-order chi connectivity index (χ0) is 10.2. The van der Waals surface area contributed by atoms with E-state index in [9.17, 15) is 9.90 Å². The molecule has 3 nitrogen and oxygen atoms in total. The maximum absolute atomic E-state index is 10.9.